The number of carbonyl (C=O) groups is 2. The number of aryl methyl sites for hydroxylation is 1. The van der Waals surface area contributed by atoms with Crippen molar-refractivity contribution in [1.29, 1.82) is 0 Å². The Kier molecular flexibility index (Phi) is 4.02. The standard InChI is InChI=1S/C13H18N2O3/c1-10-5-6-11(18-10)13(17)14-7-3-9-15-8-2-4-12(15)16/h5-6H,2-4,7-9H2,1H3,(H,14,17). The highest BCUT2D eigenvalue weighted by atomic mass is 16.3. The minimum absolute atomic E-state index is 0.198. The molecule has 0 aliphatic carbocycles. The molecular weight excluding hydrogens is 232 g/mol. The van der Waals surface area contributed by atoms with Crippen molar-refractivity contribution in [2.45, 2.75) is 26.2 Å². The summed E-state index contributed by atoms with van der Waals surface area (Å²) in [7, 11) is 0. The van der Waals surface area contributed by atoms with Gasteiger partial charge in [0.25, 0.3) is 5.91 Å². The van der Waals surface area contributed by atoms with Gasteiger partial charge in [-0.25, -0.2) is 0 Å². The monoisotopic (exact) mass is 250 g/mol. The van der Waals surface area contributed by atoms with Crippen LogP contribution in [-0.2, 0) is 4.79 Å². The minimum atomic E-state index is -0.198. The molecule has 5 heteroatoms. The van der Waals surface area contributed by atoms with Gasteiger partial charge in [-0.15, -0.1) is 0 Å². The quantitative estimate of drug-likeness (QED) is 0.802. The van der Waals surface area contributed by atoms with Crippen LogP contribution in [0.25, 0.3) is 0 Å². The molecule has 1 aliphatic rings. The van der Waals surface area contributed by atoms with Gasteiger partial charge in [-0.3, -0.25) is 9.59 Å². The number of furan rings is 1. The Balaban J connectivity index is 1.66. The Bertz CT molecular complexity index is 439. The minimum Gasteiger partial charge on any atom is -0.456 e. The van der Waals surface area contributed by atoms with E-state index in [0.717, 1.165) is 31.7 Å². The molecule has 0 spiro atoms. The van der Waals surface area contributed by atoms with Gasteiger partial charge in [0.05, 0.1) is 0 Å². The number of hydrogen-bond donors (Lipinski definition) is 1. The van der Waals surface area contributed by atoms with E-state index in [1.54, 1.807) is 19.1 Å². The zero-order valence-corrected chi connectivity index (χ0v) is 10.6. The Labute approximate surface area is 106 Å². The van der Waals surface area contributed by atoms with E-state index in [1.165, 1.54) is 0 Å². The third-order valence-corrected chi connectivity index (χ3v) is 3.03. The van der Waals surface area contributed by atoms with Crippen LogP contribution in [0.3, 0.4) is 0 Å². The first kappa shape index (κ1) is 12.7. The molecule has 18 heavy (non-hydrogen) atoms. The number of amides is 2. The molecule has 1 aliphatic heterocycles. The summed E-state index contributed by atoms with van der Waals surface area (Å²) < 4.78 is 5.22. The number of nitrogens with zero attached hydrogens (tertiary/aromatic N) is 1. The lowest BCUT2D eigenvalue weighted by molar-refractivity contribution is -0.127. The fraction of sp³-hybridized carbons (Fsp3) is 0.538. The predicted molar refractivity (Wildman–Crippen MR) is 66.2 cm³/mol. The van der Waals surface area contributed by atoms with E-state index < -0.39 is 0 Å². The van der Waals surface area contributed by atoms with Crippen LogP contribution in [0.5, 0.6) is 0 Å². The third kappa shape index (κ3) is 3.12. The van der Waals surface area contributed by atoms with Gasteiger partial charge in [-0.2, -0.15) is 0 Å². The second-order valence-electron chi connectivity index (χ2n) is 4.50. The van der Waals surface area contributed by atoms with Gasteiger partial charge >= 0.3 is 0 Å². The average Bonchev–Trinajstić information content (AvgIpc) is 2.94. The molecule has 98 valence electrons. The first-order valence-electron chi connectivity index (χ1n) is 6.29. The second-order valence-corrected chi connectivity index (χ2v) is 4.50. The van der Waals surface area contributed by atoms with E-state index in [-0.39, 0.29) is 11.8 Å². The van der Waals surface area contributed by atoms with Gasteiger partial charge in [0, 0.05) is 26.1 Å². The van der Waals surface area contributed by atoms with Crippen LogP contribution in [0.15, 0.2) is 16.5 Å². The van der Waals surface area contributed by atoms with E-state index in [2.05, 4.69) is 5.32 Å². The van der Waals surface area contributed by atoms with Crippen molar-refractivity contribution >= 4 is 11.8 Å². The zero-order chi connectivity index (χ0) is 13.0. The molecular formula is C13H18N2O3. The highest BCUT2D eigenvalue weighted by molar-refractivity contribution is 5.91. The van der Waals surface area contributed by atoms with Crippen LogP contribution < -0.4 is 5.32 Å². The van der Waals surface area contributed by atoms with Crippen molar-refractivity contribution in [3.63, 3.8) is 0 Å². The predicted octanol–water partition coefficient (Wildman–Crippen LogP) is 1.33. The molecule has 1 saturated heterocycles. The Hall–Kier alpha value is -1.78. The van der Waals surface area contributed by atoms with Crippen molar-refractivity contribution in [2.75, 3.05) is 19.6 Å². The summed E-state index contributed by atoms with van der Waals surface area (Å²) in [6, 6.07) is 3.42. The van der Waals surface area contributed by atoms with Crippen molar-refractivity contribution in [3.8, 4) is 0 Å². The van der Waals surface area contributed by atoms with Crippen molar-refractivity contribution in [2.24, 2.45) is 0 Å². The first-order chi connectivity index (χ1) is 8.66. The first-order valence-corrected chi connectivity index (χ1v) is 6.29. The summed E-state index contributed by atoms with van der Waals surface area (Å²) >= 11 is 0. The van der Waals surface area contributed by atoms with E-state index in [4.69, 9.17) is 4.42 Å². The van der Waals surface area contributed by atoms with Crippen molar-refractivity contribution in [1.82, 2.24) is 10.2 Å². The van der Waals surface area contributed by atoms with Gasteiger partial charge in [0.15, 0.2) is 5.76 Å². The van der Waals surface area contributed by atoms with E-state index in [1.807, 2.05) is 4.90 Å². The van der Waals surface area contributed by atoms with Crippen molar-refractivity contribution in [3.05, 3.63) is 23.7 Å². The topological polar surface area (TPSA) is 62.6 Å². The fourth-order valence-electron chi connectivity index (χ4n) is 2.06. The normalized spacial score (nSPS) is 15.2. The van der Waals surface area contributed by atoms with Crippen LogP contribution in [0.1, 0.15) is 35.6 Å². The molecule has 0 aromatic carbocycles. The van der Waals surface area contributed by atoms with Gasteiger partial charge in [0.1, 0.15) is 5.76 Å². The maximum atomic E-state index is 11.6. The molecule has 0 unspecified atom stereocenters. The molecule has 0 saturated carbocycles. The molecule has 0 radical (unpaired) electrons. The molecule has 1 fully saturated rings. The fourth-order valence-corrected chi connectivity index (χ4v) is 2.06. The lowest BCUT2D eigenvalue weighted by atomic mass is 10.3. The van der Waals surface area contributed by atoms with E-state index in [0.29, 0.717) is 18.7 Å². The molecule has 2 heterocycles. The Morgan fingerprint density at radius 1 is 1.50 bits per heavy atom. The molecule has 2 amide bonds. The average molecular weight is 250 g/mol. The molecule has 5 nitrogen and oxygen atoms in total. The van der Waals surface area contributed by atoms with Crippen LogP contribution in [0.2, 0.25) is 0 Å². The number of nitrogens with one attached hydrogen (secondary N) is 1. The number of likely N-dealkylation sites (tertiary alicyclic amines) is 1. The van der Waals surface area contributed by atoms with Gasteiger partial charge < -0.3 is 14.6 Å². The maximum absolute atomic E-state index is 11.6. The van der Waals surface area contributed by atoms with Gasteiger partial charge in [-0.1, -0.05) is 0 Å². The van der Waals surface area contributed by atoms with Crippen molar-refractivity contribution < 1.29 is 14.0 Å². The summed E-state index contributed by atoms with van der Waals surface area (Å²) in [5.41, 5.74) is 0. The summed E-state index contributed by atoms with van der Waals surface area (Å²) in [6.07, 6.45) is 2.39. The largest absolute Gasteiger partial charge is 0.456 e. The highest BCUT2D eigenvalue weighted by Gasteiger charge is 2.19. The highest BCUT2D eigenvalue weighted by Crippen LogP contribution is 2.09. The van der Waals surface area contributed by atoms with Crippen LogP contribution in [-0.4, -0.2) is 36.3 Å². The third-order valence-electron chi connectivity index (χ3n) is 3.03. The molecule has 1 N–H and O–H groups in total. The zero-order valence-electron chi connectivity index (χ0n) is 10.6. The molecule has 1 aromatic rings. The summed E-state index contributed by atoms with van der Waals surface area (Å²) in [6.45, 7) is 3.93. The molecule has 0 atom stereocenters. The van der Waals surface area contributed by atoms with E-state index in [9.17, 15) is 9.59 Å². The molecule has 2 rings (SSSR count). The lowest BCUT2D eigenvalue weighted by Gasteiger charge is -2.14. The van der Waals surface area contributed by atoms with Crippen LogP contribution in [0.4, 0.5) is 0 Å². The van der Waals surface area contributed by atoms with Gasteiger partial charge in [0.2, 0.25) is 5.91 Å². The summed E-state index contributed by atoms with van der Waals surface area (Å²) in [5, 5.41) is 2.78. The number of rotatable bonds is 5. The summed E-state index contributed by atoms with van der Waals surface area (Å²) in [5.74, 6) is 1.09. The van der Waals surface area contributed by atoms with Crippen LogP contribution in [0, 0.1) is 6.92 Å². The SMILES string of the molecule is Cc1ccc(C(=O)NCCCN2CCCC2=O)o1. The number of hydrogen-bond acceptors (Lipinski definition) is 3. The smallest absolute Gasteiger partial charge is 0.286 e. The number of carbonyl (C=O) groups excluding carboxylic acids is 2. The summed E-state index contributed by atoms with van der Waals surface area (Å²) in [4.78, 5) is 24.8. The Morgan fingerprint density at radius 3 is 2.94 bits per heavy atom. The van der Waals surface area contributed by atoms with Gasteiger partial charge in [-0.05, 0) is 31.9 Å². The molecule has 1 aromatic heterocycles. The maximum Gasteiger partial charge on any atom is 0.286 e. The molecule has 0 bridgehead atoms. The van der Waals surface area contributed by atoms with E-state index >= 15 is 0 Å². The Morgan fingerprint density at radius 2 is 2.33 bits per heavy atom. The van der Waals surface area contributed by atoms with Crippen LogP contribution >= 0.6 is 0 Å². The lowest BCUT2D eigenvalue weighted by Crippen LogP contribution is -2.30. The second kappa shape index (κ2) is 5.71.